The lowest BCUT2D eigenvalue weighted by Gasteiger charge is -2.04. The van der Waals surface area contributed by atoms with E-state index in [0.29, 0.717) is 6.61 Å². The molecule has 3 nitrogen and oxygen atoms in total. The van der Waals surface area contributed by atoms with Gasteiger partial charge in [0.05, 0.1) is 6.04 Å². The molecule has 0 spiro atoms. The minimum atomic E-state index is -0.203. The molecule has 0 amide bonds. The van der Waals surface area contributed by atoms with Crippen molar-refractivity contribution in [3.63, 3.8) is 0 Å². The molecule has 0 saturated heterocycles. The average molecular weight is 240 g/mol. The Morgan fingerprint density at radius 2 is 2.19 bits per heavy atom. The Morgan fingerprint density at radius 1 is 1.44 bits per heavy atom. The fraction of sp³-hybridized carbons (Fsp3) is 0.364. The summed E-state index contributed by atoms with van der Waals surface area (Å²) >= 11 is 1.68. The van der Waals surface area contributed by atoms with Gasteiger partial charge in [-0.2, -0.15) is 0 Å². The number of nitrogens with zero attached hydrogens (tertiary/aromatic N) is 1. The molecule has 1 aliphatic heterocycles. The fourth-order valence-corrected chi connectivity index (χ4v) is 2.38. The standard InChI is InChI=1S/C11H13FN2OS/c12-8-1-3-10(4-2-8)16-6-5-9-7-15-11(13)14-9/h1-4,9H,5-7H2,(H2,13,14)/t9-/m0/s1. The Kier molecular flexibility index (Phi) is 3.66. The highest BCUT2D eigenvalue weighted by Crippen LogP contribution is 2.20. The van der Waals surface area contributed by atoms with Crippen LogP contribution in [0.3, 0.4) is 0 Å². The number of benzene rings is 1. The summed E-state index contributed by atoms with van der Waals surface area (Å²) < 4.78 is 17.7. The highest BCUT2D eigenvalue weighted by atomic mass is 32.2. The maximum Gasteiger partial charge on any atom is 0.282 e. The van der Waals surface area contributed by atoms with Crippen LogP contribution in [0, 0.1) is 5.82 Å². The van der Waals surface area contributed by atoms with Crippen molar-refractivity contribution in [3.05, 3.63) is 30.1 Å². The van der Waals surface area contributed by atoms with Crippen LogP contribution in [0.25, 0.3) is 0 Å². The lowest BCUT2D eigenvalue weighted by atomic mass is 10.3. The summed E-state index contributed by atoms with van der Waals surface area (Å²) in [4.78, 5) is 5.20. The van der Waals surface area contributed by atoms with E-state index < -0.39 is 0 Å². The zero-order valence-electron chi connectivity index (χ0n) is 8.73. The van der Waals surface area contributed by atoms with Gasteiger partial charge in [-0.15, -0.1) is 11.8 Å². The van der Waals surface area contributed by atoms with Gasteiger partial charge in [-0.05, 0) is 30.7 Å². The second kappa shape index (κ2) is 5.21. The molecule has 0 unspecified atom stereocenters. The predicted molar refractivity (Wildman–Crippen MR) is 63.1 cm³/mol. The van der Waals surface area contributed by atoms with E-state index in [9.17, 15) is 4.39 Å². The van der Waals surface area contributed by atoms with Crippen molar-refractivity contribution in [2.75, 3.05) is 12.4 Å². The highest BCUT2D eigenvalue weighted by molar-refractivity contribution is 7.99. The molecular formula is C11H13FN2OS. The molecular weight excluding hydrogens is 227 g/mol. The first-order valence-electron chi connectivity index (χ1n) is 5.08. The van der Waals surface area contributed by atoms with Crippen LogP contribution < -0.4 is 5.73 Å². The lowest BCUT2D eigenvalue weighted by Crippen LogP contribution is -2.10. The zero-order chi connectivity index (χ0) is 11.4. The third-order valence-corrected chi connectivity index (χ3v) is 3.31. The van der Waals surface area contributed by atoms with Gasteiger partial charge in [-0.3, -0.25) is 0 Å². The smallest absolute Gasteiger partial charge is 0.282 e. The van der Waals surface area contributed by atoms with Gasteiger partial charge in [0, 0.05) is 10.6 Å². The number of ether oxygens (including phenoxy) is 1. The predicted octanol–water partition coefficient (Wildman–Crippen LogP) is 2.02. The topological polar surface area (TPSA) is 47.6 Å². The summed E-state index contributed by atoms with van der Waals surface area (Å²) in [6.07, 6.45) is 0.919. The molecule has 0 aromatic heterocycles. The molecule has 2 rings (SSSR count). The van der Waals surface area contributed by atoms with Gasteiger partial charge in [0.25, 0.3) is 6.02 Å². The molecule has 5 heteroatoms. The summed E-state index contributed by atoms with van der Waals surface area (Å²) in [7, 11) is 0. The molecule has 1 aliphatic rings. The van der Waals surface area contributed by atoms with Gasteiger partial charge < -0.3 is 10.5 Å². The van der Waals surface area contributed by atoms with Gasteiger partial charge in [-0.1, -0.05) is 0 Å². The summed E-state index contributed by atoms with van der Waals surface area (Å²) in [6.45, 7) is 0.579. The maximum atomic E-state index is 12.6. The van der Waals surface area contributed by atoms with E-state index in [1.807, 2.05) is 0 Å². The van der Waals surface area contributed by atoms with Crippen molar-refractivity contribution in [1.82, 2.24) is 0 Å². The molecule has 1 heterocycles. The Hall–Kier alpha value is -1.23. The van der Waals surface area contributed by atoms with E-state index in [2.05, 4.69) is 4.99 Å². The van der Waals surface area contributed by atoms with E-state index >= 15 is 0 Å². The molecule has 86 valence electrons. The quantitative estimate of drug-likeness (QED) is 0.819. The average Bonchev–Trinajstić information content (AvgIpc) is 2.67. The normalized spacial score (nSPS) is 19.3. The SMILES string of the molecule is NC1=N[C@@H](CCSc2ccc(F)cc2)CO1. The first-order chi connectivity index (χ1) is 7.74. The third kappa shape index (κ3) is 3.13. The Balaban J connectivity index is 1.74. The number of hydrogen-bond donors (Lipinski definition) is 1. The van der Waals surface area contributed by atoms with Gasteiger partial charge in [0.15, 0.2) is 0 Å². The number of halogens is 1. The van der Waals surface area contributed by atoms with Crippen LogP contribution in [-0.2, 0) is 4.74 Å². The molecule has 0 fully saturated rings. The van der Waals surface area contributed by atoms with E-state index in [1.165, 1.54) is 12.1 Å². The second-order valence-corrected chi connectivity index (χ2v) is 4.69. The van der Waals surface area contributed by atoms with Gasteiger partial charge in [-0.25, -0.2) is 9.38 Å². The number of aliphatic imine (C=N–C) groups is 1. The van der Waals surface area contributed by atoms with E-state index in [-0.39, 0.29) is 17.9 Å². The molecule has 1 atom stereocenters. The molecule has 16 heavy (non-hydrogen) atoms. The highest BCUT2D eigenvalue weighted by Gasteiger charge is 2.15. The summed E-state index contributed by atoms with van der Waals surface area (Å²) in [6, 6.07) is 6.96. The Morgan fingerprint density at radius 3 is 2.81 bits per heavy atom. The van der Waals surface area contributed by atoms with Gasteiger partial charge >= 0.3 is 0 Å². The number of nitrogens with two attached hydrogens (primary N) is 1. The number of amidine groups is 1. The van der Waals surface area contributed by atoms with Crippen LogP contribution in [0.5, 0.6) is 0 Å². The molecule has 0 radical (unpaired) electrons. The molecule has 1 aromatic carbocycles. The summed E-state index contributed by atoms with van der Waals surface area (Å²) in [5.74, 6) is 0.724. The fourth-order valence-electron chi connectivity index (χ4n) is 1.43. The molecule has 0 aliphatic carbocycles. The maximum absolute atomic E-state index is 12.6. The largest absolute Gasteiger partial charge is 0.463 e. The zero-order valence-corrected chi connectivity index (χ0v) is 9.54. The van der Waals surface area contributed by atoms with Crippen LogP contribution >= 0.6 is 11.8 Å². The van der Waals surface area contributed by atoms with Crippen LogP contribution in [0.4, 0.5) is 4.39 Å². The Labute approximate surface area is 97.9 Å². The first-order valence-corrected chi connectivity index (χ1v) is 6.07. The van der Waals surface area contributed by atoms with Crippen molar-refractivity contribution in [2.24, 2.45) is 10.7 Å². The number of rotatable bonds is 4. The van der Waals surface area contributed by atoms with Gasteiger partial charge in [0.2, 0.25) is 0 Å². The van der Waals surface area contributed by atoms with Crippen molar-refractivity contribution in [3.8, 4) is 0 Å². The summed E-state index contributed by atoms with van der Waals surface area (Å²) in [5, 5.41) is 0. The van der Waals surface area contributed by atoms with Crippen LogP contribution in [0.15, 0.2) is 34.2 Å². The van der Waals surface area contributed by atoms with Crippen LogP contribution in [-0.4, -0.2) is 24.4 Å². The monoisotopic (exact) mass is 240 g/mol. The first kappa shape index (κ1) is 11.3. The van der Waals surface area contributed by atoms with E-state index in [1.54, 1.807) is 23.9 Å². The minimum absolute atomic E-state index is 0.174. The summed E-state index contributed by atoms with van der Waals surface area (Å²) in [5.41, 5.74) is 5.40. The van der Waals surface area contributed by atoms with Crippen molar-refractivity contribution in [1.29, 1.82) is 0 Å². The number of thioether (sulfide) groups is 1. The van der Waals surface area contributed by atoms with E-state index in [0.717, 1.165) is 17.1 Å². The third-order valence-electron chi connectivity index (χ3n) is 2.27. The minimum Gasteiger partial charge on any atom is -0.463 e. The second-order valence-electron chi connectivity index (χ2n) is 3.52. The molecule has 1 aromatic rings. The van der Waals surface area contributed by atoms with Crippen molar-refractivity contribution in [2.45, 2.75) is 17.4 Å². The Bertz CT molecular complexity index is 380. The molecule has 0 bridgehead atoms. The van der Waals surface area contributed by atoms with Crippen molar-refractivity contribution >= 4 is 17.8 Å². The van der Waals surface area contributed by atoms with E-state index in [4.69, 9.17) is 10.5 Å². The lowest BCUT2D eigenvalue weighted by molar-refractivity contribution is 0.311. The van der Waals surface area contributed by atoms with Crippen LogP contribution in [0.1, 0.15) is 6.42 Å². The molecule has 0 saturated carbocycles. The number of hydrogen-bond acceptors (Lipinski definition) is 4. The van der Waals surface area contributed by atoms with Crippen LogP contribution in [0.2, 0.25) is 0 Å². The molecule has 2 N–H and O–H groups in total. The van der Waals surface area contributed by atoms with Gasteiger partial charge in [0.1, 0.15) is 12.4 Å². The van der Waals surface area contributed by atoms with Crippen molar-refractivity contribution < 1.29 is 9.13 Å².